The van der Waals surface area contributed by atoms with Crippen LogP contribution in [-0.2, 0) is 0 Å². The summed E-state index contributed by atoms with van der Waals surface area (Å²) in [5.74, 6) is 0.147. The van der Waals surface area contributed by atoms with Crippen molar-refractivity contribution in [3.63, 3.8) is 0 Å². The molecule has 0 bridgehead atoms. The molecular formula is C17H11NO2. The number of phenolic OH excluding ortho intramolecular Hbond substituents is 1. The summed E-state index contributed by atoms with van der Waals surface area (Å²) in [6, 6.07) is 16.0. The third kappa shape index (κ3) is 1.32. The highest BCUT2D eigenvalue weighted by Gasteiger charge is 2.13. The first-order valence-corrected chi connectivity index (χ1v) is 6.36. The summed E-state index contributed by atoms with van der Waals surface area (Å²) in [7, 11) is 0. The number of hydrogen-bond acceptors (Lipinski definition) is 3. The van der Waals surface area contributed by atoms with Crippen LogP contribution in [0.25, 0.3) is 32.3 Å². The highest BCUT2D eigenvalue weighted by molar-refractivity contribution is 6.25. The Morgan fingerprint density at radius 2 is 1.55 bits per heavy atom. The zero-order chi connectivity index (χ0) is 13.7. The SMILES string of the molecule is ON=Cc1cc2ccc3cccc4ccc(c1O)c2c34. The maximum absolute atomic E-state index is 10.4. The van der Waals surface area contributed by atoms with Gasteiger partial charge in [-0.15, -0.1) is 0 Å². The van der Waals surface area contributed by atoms with Gasteiger partial charge in [-0.2, -0.15) is 0 Å². The summed E-state index contributed by atoms with van der Waals surface area (Å²) in [6.07, 6.45) is 1.25. The van der Waals surface area contributed by atoms with Crippen molar-refractivity contribution in [2.75, 3.05) is 0 Å². The van der Waals surface area contributed by atoms with E-state index in [1.807, 2.05) is 30.3 Å². The lowest BCUT2D eigenvalue weighted by atomic mass is 9.92. The van der Waals surface area contributed by atoms with Crippen molar-refractivity contribution in [3.8, 4) is 5.75 Å². The van der Waals surface area contributed by atoms with Crippen LogP contribution in [0.4, 0.5) is 0 Å². The molecule has 0 aliphatic rings. The molecule has 2 N–H and O–H groups in total. The summed E-state index contributed by atoms with van der Waals surface area (Å²) in [5.41, 5.74) is 0.512. The first kappa shape index (κ1) is 11.1. The van der Waals surface area contributed by atoms with Gasteiger partial charge in [-0.1, -0.05) is 41.6 Å². The Labute approximate surface area is 114 Å². The molecule has 0 saturated heterocycles. The molecule has 96 valence electrons. The van der Waals surface area contributed by atoms with Crippen LogP contribution in [0.2, 0.25) is 0 Å². The number of oxime groups is 1. The monoisotopic (exact) mass is 261 g/mol. The van der Waals surface area contributed by atoms with Crippen molar-refractivity contribution in [3.05, 3.63) is 54.1 Å². The second kappa shape index (κ2) is 3.84. The van der Waals surface area contributed by atoms with E-state index >= 15 is 0 Å². The molecule has 4 rings (SSSR count). The summed E-state index contributed by atoms with van der Waals surface area (Å²) in [4.78, 5) is 0. The van der Waals surface area contributed by atoms with E-state index < -0.39 is 0 Å². The van der Waals surface area contributed by atoms with E-state index in [0.29, 0.717) is 5.56 Å². The second-order valence-electron chi connectivity index (χ2n) is 4.92. The number of aromatic hydroxyl groups is 1. The van der Waals surface area contributed by atoms with E-state index in [1.165, 1.54) is 6.21 Å². The standard InChI is InChI=1S/C17H11NO2/c19-17-13(9-18-20)8-12-5-4-10-2-1-3-11-6-7-14(17)16(12)15(10)11/h1-9,19-20H. The Hall–Kier alpha value is -2.81. The zero-order valence-electron chi connectivity index (χ0n) is 10.5. The van der Waals surface area contributed by atoms with Crippen LogP contribution in [0.15, 0.2) is 53.7 Å². The van der Waals surface area contributed by atoms with Gasteiger partial charge in [0.25, 0.3) is 0 Å². The highest BCUT2D eigenvalue weighted by Crippen LogP contribution is 2.39. The van der Waals surface area contributed by atoms with Crippen molar-refractivity contribution in [1.29, 1.82) is 0 Å². The van der Waals surface area contributed by atoms with Gasteiger partial charge in [-0.25, -0.2) is 0 Å². The van der Waals surface area contributed by atoms with Crippen LogP contribution in [0.5, 0.6) is 5.75 Å². The first-order valence-electron chi connectivity index (χ1n) is 6.36. The van der Waals surface area contributed by atoms with Crippen LogP contribution in [-0.4, -0.2) is 16.5 Å². The second-order valence-corrected chi connectivity index (χ2v) is 4.92. The van der Waals surface area contributed by atoms with E-state index in [1.54, 1.807) is 0 Å². The molecule has 0 aliphatic carbocycles. The lowest BCUT2D eigenvalue weighted by Gasteiger charge is -2.12. The minimum atomic E-state index is 0.147. The van der Waals surface area contributed by atoms with Gasteiger partial charge in [0.2, 0.25) is 0 Å². The molecule has 4 aromatic rings. The predicted molar refractivity (Wildman–Crippen MR) is 81.2 cm³/mol. The van der Waals surface area contributed by atoms with E-state index in [9.17, 15) is 5.11 Å². The number of hydrogen-bond donors (Lipinski definition) is 2. The molecule has 3 nitrogen and oxygen atoms in total. The van der Waals surface area contributed by atoms with Crippen molar-refractivity contribution in [2.45, 2.75) is 0 Å². The van der Waals surface area contributed by atoms with E-state index in [4.69, 9.17) is 5.21 Å². The largest absolute Gasteiger partial charge is 0.507 e. The molecule has 0 aliphatic heterocycles. The zero-order valence-corrected chi connectivity index (χ0v) is 10.5. The molecule has 0 radical (unpaired) electrons. The predicted octanol–water partition coefficient (Wildman–Crippen LogP) is 4.10. The fourth-order valence-corrected chi connectivity index (χ4v) is 2.98. The lowest BCUT2D eigenvalue weighted by Crippen LogP contribution is -1.89. The normalized spacial score (nSPS) is 12.2. The first-order chi connectivity index (χ1) is 9.79. The summed E-state index contributed by atoms with van der Waals surface area (Å²) >= 11 is 0. The minimum absolute atomic E-state index is 0.147. The highest BCUT2D eigenvalue weighted by atomic mass is 16.4. The van der Waals surface area contributed by atoms with Crippen molar-refractivity contribution in [2.24, 2.45) is 5.16 Å². The smallest absolute Gasteiger partial charge is 0.132 e. The molecule has 0 spiro atoms. The van der Waals surface area contributed by atoms with Gasteiger partial charge in [-0.05, 0) is 33.7 Å². The molecule has 0 fully saturated rings. The Bertz CT molecular complexity index is 957. The minimum Gasteiger partial charge on any atom is -0.507 e. The number of benzene rings is 4. The molecule has 4 aromatic carbocycles. The average molecular weight is 261 g/mol. The number of nitrogens with zero attached hydrogens (tertiary/aromatic N) is 1. The van der Waals surface area contributed by atoms with E-state index in [-0.39, 0.29) is 5.75 Å². The quantitative estimate of drug-likeness (QED) is 0.234. The molecule has 0 atom stereocenters. The topological polar surface area (TPSA) is 52.8 Å². The molecule has 0 amide bonds. The molecular weight excluding hydrogens is 250 g/mol. The maximum atomic E-state index is 10.4. The van der Waals surface area contributed by atoms with Crippen LogP contribution in [0.1, 0.15) is 5.56 Å². The van der Waals surface area contributed by atoms with Crippen molar-refractivity contribution in [1.82, 2.24) is 0 Å². The van der Waals surface area contributed by atoms with Gasteiger partial charge < -0.3 is 10.3 Å². The van der Waals surface area contributed by atoms with Crippen LogP contribution >= 0.6 is 0 Å². The van der Waals surface area contributed by atoms with Gasteiger partial charge in [0, 0.05) is 16.3 Å². The van der Waals surface area contributed by atoms with Crippen LogP contribution < -0.4 is 0 Å². The van der Waals surface area contributed by atoms with Gasteiger partial charge in [-0.3, -0.25) is 0 Å². The average Bonchev–Trinajstić information content (AvgIpc) is 2.48. The summed E-state index contributed by atoms with van der Waals surface area (Å²) < 4.78 is 0. The molecule has 0 unspecified atom stereocenters. The van der Waals surface area contributed by atoms with Crippen molar-refractivity contribution >= 4 is 38.5 Å². The third-order valence-corrected chi connectivity index (χ3v) is 3.85. The Morgan fingerprint density at radius 3 is 2.30 bits per heavy atom. The molecule has 3 heteroatoms. The summed E-state index contributed by atoms with van der Waals surface area (Å²) in [5, 5.41) is 28.4. The third-order valence-electron chi connectivity index (χ3n) is 3.85. The van der Waals surface area contributed by atoms with E-state index in [2.05, 4.69) is 23.4 Å². The Morgan fingerprint density at radius 1 is 0.850 bits per heavy atom. The molecule has 0 aromatic heterocycles. The van der Waals surface area contributed by atoms with Crippen LogP contribution in [0, 0.1) is 0 Å². The molecule has 0 saturated carbocycles. The van der Waals surface area contributed by atoms with Gasteiger partial charge >= 0.3 is 0 Å². The fourth-order valence-electron chi connectivity index (χ4n) is 2.98. The van der Waals surface area contributed by atoms with Gasteiger partial charge in [0.1, 0.15) is 5.75 Å². The fraction of sp³-hybridized carbons (Fsp3) is 0. The summed E-state index contributed by atoms with van der Waals surface area (Å²) in [6.45, 7) is 0. The van der Waals surface area contributed by atoms with E-state index in [0.717, 1.165) is 32.3 Å². The maximum Gasteiger partial charge on any atom is 0.132 e. The van der Waals surface area contributed by atoms with Gasteiger partial charge in [0.15, 0.2) is 0 Å². The number of phenols is 1. The van der Waals surface area contributed by atoms with Crippen LogP contribution in [0.3, 0.4) is 0 Å². The Kier molecular flexibility index (Phi) is 2.12. The number of rotatable bonds is 1. The van der Waals surface area contributed by atoms with Gasteiger partial charge in [0.05, 0.1) is 6.21 Å². The Balaban J connectivity index is 2.32. The molecule has 0 heterocycles. The molecule has 20 heavy (non-hydrogen) atoms. The van der Waals surface area contributed by atoms with Crippen molar-refractivity contribution < 1.29 is 10.3 Å². The lowest BCUT2D eigenvalue weighted by molar-refractivity contribution is 0.321.